The second-order valence-corrected chi connectivity index (χ2v) is 7.33. The van der Waals surface area contributed by atoms with Gasteiger partial charge in [-0.15, -0.1) is 0 Å². The molecule has 1 atom stereocenters. The van der Waals surface area contributed by atoms with Gasteiger partial charge in [-0.2, -0.15) is 0 Å². The van der Waals surface area contributed by atoms with Crippen molar-refractivity contribution in [3.8, 4) is 0 Å². The van der Waals surface area contributed by atoms with Crippen LogP contribution in [0, 0.1) is 5.92 Å². The summed E-state index contributed by atoms with van der Waals surface area (Å²) in [6.45, 7) is 7.20. The molecule has 0 saturated carbocycles. The number of ether oxygens (including phenoxy) is 1. The van der Waals surface area contributed by atoms with Gasteiger partial charge in [-0.3, -0.25) is 14.8 Å². The number of carbonyl (C=O) groups is 1. The molecule has 1 fully saturated rings. The third-order valence-corrected chi connectivity index (χ3v) is 4.97. The number of amides is 1. The van der Waals surface area contributed by atoms with Gasteiger partial charge >= 0.3 is 0 Å². The number of carbonyl (C=O) groups excluding carboxylic acids is 1. The quantitative estimate of drug-likeness (QED) is 0.378. The van der Waals surface area contributed by atoms with Crippen LogP contribution in [-0.4, -0.2) is 61.1 Å². The lowest BCUT2D eigenvalue weighted by molar-refractivity contribution is 0.0906. The molecule has 1 aliphatic heterocycles. The Balaban J connectivity index is 1.41. The summed E-state index contributed by atoms with van der Waals surface area (Å²) in [7, 11) is 0. The minimum atomic E-state index is -0.125. The number of nitrogens with zero attached hydrogens (tertiary/aromatic N) is 3. The molecule has 7 nitrogen and oxygen atoms in total. The average molecular weight is 410 g/mol. The number of guanidine groups is 1. The number of likely N-dealkylation sites (tertiary alicyclic amines) is 1. The summed E-state index contributed by atoms with van der Waals surface area (Å²) in [5.41, 5.74) is 1.77. The Kier molecular flexibility index (Phi) is 8.65. The highest BCUT2D eigenvalue weighted by molar-refractivity contribution is 5.93. The van der Waals surface area contributed by atoms with E-state index in [0.717, 1.165) is 38.6 Å². The molecule has 7 heteroatoms. The standard InChI is InChI=1S/C23H31N5O2/c1-2-25-23(27-13-12-26-22(29)21-9-6-11-24-15-21)28-14-10-20(16-28)18-30-17-19-7-4-3-5-8-19/h3-9,11,15,20H,2,10,12-14,16-18H2,1H3,(H,25,27)(H,26,29). The lowest BCUT2D eigenvalue weighted by Gasteiger charge is -2.21. The van der Waals surface area contributed by atoms with Crippen LogP contribution in [0.5, 0.6) is 0 Å². The molecule has 0 spiro atoms. The first-order valence-corrected chi connectivity index (χ1v) is 10.6. The molecule has 1 amide bonds. The molecule has 0 bridgehead atoms. The number of aromatic nitrogens is 1. The van der Waals surface area contributed by atoms with Crippen LogP contribution in [0.4, 0.5) is 0 Å². The maximum Gasteiger partial charge on any atom is 0.252 e. The van der Waals surface area contributed by atoms with Gasteiger partial charge in [0.15, 0.2) is 5.96 Å². The van der Waals surface area contributed by atoms with Gasteiger partial charge in [0.25, 0.3) is 5.91 Å². The Morgan fingerprint density at radius 2 is 2.10 bits per heavy atom. The van der Waals surface area contributed by atoms with E-state index in [2.05, 4.69) is 44.6 Å². The summed E-state index contributed by atoms with van der Waals surface area (Å²) in [5, 5.41) is 6.25. The fraction of sp³-hybridized carbons (Fsp3) is 0.435. The highest BCUT2D eigenvalue weighted by atomic mass is 16.5. The molecule has 0 aliphatic carbocycles. The highest BCUT2D eigenvalue weighted by Gasteiger charge is 2.25. The predicted molar refractivity (Wildman–Crippen MR) is 118 cm³/mol. The van der Waals surface area contributed by atoms with E-state index in [1.54, 1.807) is 24.5 Å². The molecule has 1 unspecified atom stereocenters. The second kappa shape index (κ2) is 11.9. The van der Waals surface area contributed by atoms with Crippen LogP contribution in [-0.2, 0) is 11.3 Å². The van der Waals surface area contributed by atoms with Crippen LogP contribution in [0.15, 0.2) is 59.9 Å². The van der Waals surface area contributed by atoms with E-state index in [-0.39, 0.29) is 5.91 Å². The van der Waals surface area contributed by atoms with Gasteiger partial charge in [-0.25, -0.2) is 0 Å². The summed E-state index contributed by atoms with van der Waals surface area (Å²) < 4.78 is 5.92. The zero-order valence-electron chi connectivity index (χ0n) is 17.6. The number of hydrogen-bond donors (Lipinski definition) is 2. The summed E-state index contributed by atoms with van der Waals surface area (Å²) >= 11 is 0. The summed E-state index contributed by atoms with van der Waals surface area (Å²) in [5.74, 6) is 1.28. The zero-order valence-corrected chi connectivity index (χ0v) is 17.6. The van der Waals surface area contributed by atoms with Crippen molar-refractivity contribution in [2.45, 2.75) is 20.0 Å². The van der Waals surface area contributed by atoms with Crippen LogP contribution in [0.25, 0.3) is 0 Å². The number of pyridine rings is 1. The lowest BCUT2D eigenvalue weighted by atomic mass is 10.1. The van der Waals surface area contributed by atoms with Crippen LogP contribution in [0.3, 0.4) is 0 Å². The van der Waals surface area contributed by atoms with Gasteiger partial charge in [0, 0.05) is 44.5 Å². The highest BCUT2D eigenvalue weighted by Crippen LogP contribution is 2.17. The van der Waals surface area contributed by atoms with Crippen molar-refractivity contribution >= 4 is 11.9 Å². The third kappa shape index (κ3) is 6.84. The van der Waals surface area contributed by atoms with Gasteiger partial charge in [0.2, 0.25) is 0 Å². The van der Waals surface area contributed by atoms with Gasteiger partial charge < -0.3 is 20.3 Å². The van der Waals surface area contributed by atoms with Crippen molar-refractivity contribution in [1.29, 1.82) is 0 Å². The van der Waals surface area contributed by atoms with Crippen LogP contribution < -0.4 is 10.6 Å². The molecule has 1 saturated heterocycles. The molecule has 1 aliphatic rings. The summed E-state index contributed by atoms with van der Waals surface area (Å²) in [6, 6.07) is 13.8. The Morgan fingerprint density at radius 1 is 1.23 bits per heavy atom. The fourth-order valence-electron chi connectivity index (χ4n) is 3.43. The normalized spacial score (nSPS) is 16.5. The van der Waals surface area contributed by atoms with Crippen molar-refractivity contribution in [2.24, 2.45) is 10.9 Å². The van der Waals surface area contributed by atoms with Gasteiger partial charge in [-0.05, 0) is 31.0 Å². The molecule has 2 N–H and O–H groups in total. The van der Waals surface area contributed by atoms with Crippen LogP contribution in [0.2, 0.25) is 0 Å². The van der Waals surface area contributed by atoms with Crippen molar-refractivity contribution in [2.75, 3.05) is 39.3 Å². The van der Waals surface area contributed by atoms with Crippen molar-refractivity contribution in [1.82, 2.24) is 20.5 Å². The number of hydrogen-bond acceptors (Lipinski definition) is 4. The van der Waals surface area contributed by atoms with E-state index in [4.69, 9.17) is 4.74 Å². The van der Waals surface area contributed by atoms with E-state index in [9.17, 15) is 4.79 Å². The van der Waals surface area contributed by atoms with Gasteiger partial charge in [-0.1, -0.05) is 30.3 Å². The Bertz CT molecular complexity index is 798. The largest absolute Gasteiger partial charge is 0.376 e. The number of rotatable bonds is 9. The van der Waals surface area contributed by atoms with Gasteiger partial charge in [0.05, 0.1) is 25.3 Å². The van der Waals surface area contributed by atoms with Crippen molar-refractivity contribution < 1.29 is 9.53 Å². The molecular formula is C23H31N5O2. The average Bonchev–Trinajstić information content (AvgIpc) is 3.26. The Morgan fingerprint density at radius 3 is 2.87 bits per heavy atom. The Labute approximate surface area is 178 Å². The molecule has 30 heavy (non-hydrogen) atoms. The maximum absolute atomic E-state index is 12.1. The van der Waals surface area contributed by atoms with Gasteiger partial charge in [0.1, 0.15) is 0 Å². The molecule has 160 valence electrons. The summed E-state index contributed by atoms with van der Waals surface area (Å²) in [4.78, 5) is 23.0. The molecule has 3 rings (SSSR count). The molecule has 2 heterocycles. The molecule has 1 aromatic carbocycles. The van der Waals surface area contributed by atoms with Crippen molar-refractivity contribution in [3.05, 3.63) is 66.0 Å². The first-order valence-electron chi connectivity index (χ1n) is 10.6. The van der Waals surface area contributed by atoms with Crippen LogP contribution >= 0.6 is 0 Å². The molecule has 1 aromatic heterocycles. The number of benzene rings is 1. The monoisotopic (exact) mass is 409 g/mol. The zero-order chi connectivity index (χ0) is 21.0. The maximum atomic E-state index is 12.1. The topological polar surface area (TPSA) is 78.8 Å². The molecule has 0 radical (unpaired) electrons. The summed E-state index contributed by atoms with van der Waals surface area (Å²) in [6.07, 6.45) is 4.31. The fourth-order valence-corrected chi connectivity index (χ4v) is 3.43. The van der Waals surface area contributed by atoms with E-state index >= 15 is 0 Å². The van der Waals surface area contributed by atoms with Crippen molar-refractivity contribution in [3.63, 3.8) is 0 Å². The number of nitrogens with one attached hydrogen (secondary N) is 2. The van der Waals surface area contributed by atoms with E-state index in [1.165, 1.54) is 5.56 Å². The SMILES string of the molecule is CCNC(=NCCNC(=O)c1cccnc1)N1CCC(COCc2ccccc2)C1. The third-order valence-electron chi connectivity index (χ3n) is 4.97. The Hall–Kier alpha value is -2.93. The smallest absolute Gasteiger partial charge is 0.252 e. The lowest BCUT2D eigenvalue weighted by Crippen LogP contribution is -2.40. The molecular weight excluding hydrogens is 378 g/mol. The molecule has 2 aromatic rings. The minimum absolute atomic E-state index is 0.125. The second-order valence-electron chi connectivity index (χ2n) is 7.33. The first kappa shape index (κ1) is 21.8. The predicted octanol–water partition coefficient (Wildman–Crippen LogP) is 2.32. The van der Waals surface area contributed by atoms with E-state index in [0.29, 0.717) is 31.2 Å². The van der Waals surface area contributed by atoms with E-state index in [1.807, 2.05) is 18.2 Å². The minimum Gasteiger partial charge on any atom is -0.376 e. The first-order chi connectivity index (χ1) is 14.8. The van der Waals surface area contributed by atoms with Crippen LogP contribution in [0.1, 0.15) is 29.3 Å². The number of aliphatic imine (C=N–C) groups is 1. The van der Waals surface area contributed by atoms with E-state index < -0.39 is 0 Å².